The summed E-state index contributed by atoms with van der Waals surface area (Å²) in [4.78, 5) is 22.7. The number of hydrogen-bond donors (Lipinski definition) is 2. The summed E-state index contributed by atoms with van der Waals surface area (Å²) in [6, 6.07) is 0.896. The molecule has 4 nitrogen and oxygen atoms in total. The van der Waals surface area contributed by atoms with Crippen molar-refractivity contribution in [2.45, 2.75) is 77.7 Å². The van der Waals surface area contributed by atoms with E-state index in [1.54, 1.807) is 0 Å². The van der Waals surface area contributed by atoms with Crippen LogP contribution in [-0.2, 0) is 9.59 Å². The van der Waals surface area contributed by atoms with Crippen LogP contribution in [0.15, 0.2) is 10.8 Å². The molecule has 0 saturated carbocycles. The van der Waals surface area contributed by atoms with Crippen LogP contribution in [0.3, 0.4) is 0 Å². The van der Waals surface area contributed by atoms with Crippen molar-refractivity contribution in [1.29, 1.82) is 0 Å². The number of unbranched alkanes of at least 4 members (excludes halogenated alkanes) is 6. The summed E-state index contributed by atoms with van der Waals surface area (Å²) < 4.78 is 0. The van der Waals surface area contributed by atoms with Crippen LogP contribution in [0.25, 0.3) is 0 Å². The van der Waals surface area contributed by atoms with E-state index < -0.39 is 21.5 Å². The van der Waals surface area contributed by atoms with E-state index >= 15 is 0 Å². The zero-order valence-corrected chi connectivity index (χ0v) is 14.9. The summed E-state index contributed by atoms with van der Waals surface area (Å²) in [5.74, 6) is -2.05. The first-order valence-electron chi connectivity index (χ1n) is 8.23. The number of rotatable bonds is 13. The highest BCUT2D eigenvalue weighted by Crippen LogP contribution is 2.16. The smallest absolute Gasteiger partial charge is 0.331 e. The quantitative estimate of drug-likeness (QED) is 0.310. The maximum absolute atomic E-state index is 11.4. The van der Waals surface area contributed by atoms with Gasteiger partial charge in [0, 0.05) is 10.8 Å². The number of hydrogen-bond acceptors (Lipinski definition) is 2. The van der Waals surface area contributed by atoms with Gasteiger partial charge in [-0.3, -0.25) is 0 Å². The standard InChI is InChI=1S/C16H30O4Si/c1-3-5-7-9-11-13(15(17)18)14(16(19)20)21-12-10-8-6-4-2/h3-12,21H2,1-2H3,(H,17,18)(H,19,20). The molecule has 2 N–H and O–H groups in total. The van der Waals surface area contributed by atoms with E-state index in [1.165, 1.54) is 6.42 Å². The van der Waals surface area contributed by atoms with E-state index in [1.807, 2.05) is 0 Å². The van der Waals surface area contributed by atoms with Crippen LogP contribution < -0.4 is 0 Å². The molecule has 0 saturated heterocycles. The minimum absolute atomic E-state index is 0.167. The van der Waals surface area contributed by atoms with E-state index in [4.69, 9.17) is 0 Å². The molecular weight excluding hydrogens is 284 g/mol. The van der Waals surface area contributed by atoms with Gasteiger partial charge in [0.05, 0.1) is 9.52 Å². The molecule has 0 aliphatic rings. The van der Waals surface area contributed by atoms with Crippen molar-refractivity contribution in [3.8, 4) is 0 Å². The van der Waals surface area contributed by atoms with Gasteiger partial charge in [-0.25, -0.2) is 9.59 Å². The molecule has 0 spiro atoms. The predicted octanol–water partition coefficient (Wildman–Crippen LogP) is 3.55. The van der Waals surface area contributed by atoms with Crippen molar-refractivity contribution in [2.75, 3.05) is 0 Å². The molecule has 0 aromatic rings. The van der Waals surface area contributed by atoms with Gasteiger partial charge in [-0.15, -0.1) is 0 Å². The molecule has 5 heteroatoms. The molecule has 0 fully saturated rings. The second kappa shape index (κ2) is 12.6. The van der Waals surface area contributed by atoms with Crippen molar-refractivity contribution in [1.82, 2.24) is 0 Å². The van der Waals surface area contributed by atoms with Crippen molar-refractivity contribution in [3.05, 3.63) is 10.8 Å². The maximum atomic E-state index is 11.4. The van der Waals surface area contributed by atoms with Crippen LogP contribution in [0, 0.1) is 0 Å². The molecule has 0 atom stereocenters. The molecule has 0 unspecified atom stereocenters. The van der Waals surface area contributed by atoms with Gasteiger partial charge in [-0.05, 0) is 12.8 Å². The fourth-order valence-corrected chi connectivity index (χ4v) is 4.21. The van der Waals surface area contributed by atoms with Crippen LogP contribution in [-0.4, -0.2) is 31.7 Å². The Hall–Kier alpha value is -1.10. The maximum Gasteiger partial charge on any atom is 0.331 e. The molecule has 0 radical (unpaired) electrons. The van der Waals surface area contributed by atoms with Crippen LogP contribution >= 0.6 is 0 Å². The summed E-state index contributed by atoms with van der Waals surface area (Å²) in [5.41, 5.74) is 0.167. The van der Waals surface area contributed by atoms with E-state index in [9.17, 15) is 19.8 Å². The van der Waals surface area contributed by atoms with Gasteiger partial charge in [0.1, 0.15) is 0 Å². The minimum atomic E-state index is -1.04. The Morgan fingerprint density at radius 3 is 1.86 bits per heavy atom. The zero-order chi connectivity index (χ0) is 16.1. The van der Waals surface area contributed by atoms with Gasteiger partial charge in [0.2, 0.25) is 0 Å². The molecule has 0 rings (SSSR count). The lowest BCUT2D eigenvalue weighted by Crippen LogP contribution is -2.16. The summed E-state index contributed by atoms with van der Waals surface area (Å²) in [6.07, 6.45) is 8.78. The number of carboxylic acids is 2. The van der Waals surface area contributed by atoms with Gasteiger partial charge < -0.3 is 10.2 Å². The molecule has 0 aromatic heterocycles. The molecule has 0 bridgehead atoms. The monoisotopic (exact) mass is 314 g/mol. The van der Waals surface area contributed by atoms with Gasteiger partial charge >= 0.3 is 11.9 Å². The lowest BCUT2D eigenvalue weighted by molar-refractivity contribution is -0.135. The fourth-order valence-electron chi connectivity index (χ4n) is 2.41. The van der Waals surface area contributed by atoms with Crippen LogP contribution in [0.4, 0.5) is 0 Å². The van der Waals surface area contributed by atoms with Gasteiger partial charge in [-0.1, -0.05) is 64.8 Å². The second-order valence-corrected chi connectivity index (χ2v) is 7.46. The average molecular weight is 314 g/mol. The molecule has 122 valence electrons. The SMILES string of the molecule is CCCCCC[SiH2]C(C(=O)O)=C(CCCCCC)C(=O)O. The zero-order valence-electron chi connectivity index (χ0n) is 13.5. The highest BCUT2D eigenvalue weighted by Gasteiger charge is 2.19. The molecular formula is C16H30O4Si. The highest BCUT2D eigenvalue weighted by atomic mass is 28.2. The summed E-state index contributed by atoms with van der Waals surface area (Å²) in [7, 11) is -0.981. The molecule has 0 aliphatic carbocycles. The van der Waals surface area contributed by atoms with Crippen LogP contribution in [0.2, 0.25) is 6.04 Å². The molecule has 0 heterocycles. The van der Waals surface area contributed by atoms with Gasteiger partial charge in [0.25, 0.3) is 0 Å². The number of carboxylic acid groups (broad SMARTS) is 2. The predicted molar refractivity (Wildman–Crippen MR) is 88.5 cm³/mol. The third-order valence-corrected chi connectivity index (χ3v) is 5.77. The van der Waals surface area contributed by atoms with Crippen LogP contribution in [0.5, 0.6) is 0 Å². The summed E-state index contributed by atoms with van der Waals surface area (Å²) in [5, 5.41) is 18.8. The Balaban J connectivity index is 4.60. The van der Waals surface area contributed by atoms with Crippen molar-refractivity contribution < 1.29 is 19.8 Å². The Bertz CT molecular complexity index is 350. The largest absolute Gasteiger partial charge is 0.478 e. The molecule has 0 aromatic carbocycles. The molecule has 0 amide bonds. The number of carbonyl (C=O) groups is 2. The fraction of sp³-hybridized carbons (Fsp3) is 0.750. The number of aliphatic carboxylic acids is 2. The Morgan fingerprint density at radius 2 is 1.38 bits per heavy atom. The van der Waals surface area contributed by atoms with Crippen molar-refractivity contribution in [2.24, 2.45) is 0 Å². The van der Waals surface area contributed by atoms with Crippen molar-refractivity contribution >= 4 is 21.5 Å². The third kappa shape index (κ3) is 9.45. The van der Waals surface area contributed by atoms with E-state index in [2.05, 4.69) is 13.8 Å². The van der Waals surface area contributed by atoms with E-state index in [-0.39, 0.29) is 10.8 Å². The first kappa shape index (κ1) is 19.9. The summed E-state index contributed by atoms with van der Waals surface area (Å²) in [6.45, 7) is 4.23. The Kier molecular flexibility index (Phi) is 12.0. The third-order valence-electron chi connectivity index (χ3n) is 3.69. The topological polar surface area (TPSA) is 74.6 Å². The van der Waals surface area contributed by atoms with Crippen molar-refractivity contribution in [3.63, 3.8) is 0 Å². The molecule has 21 heavy (non-hydrogen) atoms. The van der Waals surface area contributed by atoms with Gasteiger partial charge in [-0.2, -0.15) is 0 Å². The lowest BCUT2D eigenvalue weighted by atomic mass is 10.1. The Morgan fingerprint density at radius 1 is 0.810 bits per heavy atom. The first-order chi connectivity index (χ1) is 10.0. The van der Waals surface area contributed by atoms with E-state index in [0.717, 1.165) is 51.0 Å². The van der Waals surface area contributed by atoms with Gasteiger partial charge in [0.15, 0.2) is 0 Å². The highest BCUT2D eigenvalue weighted by molar-refractivity contribution is 6.54. The van der Waals surface area contributed by atoms with E-state index in [0.29, 0.717) is 6.42 Å². The van der Waals surface area contributed by atoms with Crippen LogP contribution in [0.1, 0.15) is 71.6 Å². The first-order valence-corrected chi connectivity index (χ1v) is 9.93. The Labute approximate surface area is 130 Å². The minimum Gasteiger partial charge on any atom is -0.478 e. The lowest BCUT2D eigenvalue weighted by Gasteiger charge is -2.09. The molecule has 0 aliphatic heterocycles. The second-order valence-electron chi connectivity index (χ2n) is 5.54. The summed E-state index contributed by atoms with van der Waals surface area (Å²) >= 11 is 0. The average Bonchev–Trinajstić information content (AvgIpc) is 2.43. The normalized spacial score (nSPS) is 12.7.